The second-order valence-corrected chi connectivity index (χ2v) is 5.90. The number of hydrogen-bond donors (Lipinski definition) is 1. The number of nitriles is 1. The van der Waals surface area contributed by atoms with E-state index in [-0.39, 0.29) is 6.04 Å². The van der Waals surface area contributed by atoms with E-state index < -0.39 is 0 Å². The van der Waals surface area contributed by atoms with Crippen molar-refractivity contribution in [3.8, 4) is 17.3 Å². The van der Waals surface area contributed by atoms with Crippen LogP contribution in [0, 0.1) is 11.3 Å². The van der Waals surface area contributed by atoms with Crippen LogP contribution in [0.5, 0.6) is 0 Å². The fourth-order valence-corrected chi connectivity index (χ4v) is 2.97. The van der Waals surface area contributed by atoms with E-state index in [2.05, 4.69) is 15.1 Å². The predicted molar refractivity (Wildman–Crippen MR) is 96.8 cm³/mol. The molecule has 6 nitrogen and oxygen atoms in total. The molecule has 0 aliphatic carbocycles. The van der Waals surface area contributed by atoms with Crippen molar-refractivity contribution in [3.05, 3.63) is 77.9 Å². The number of benzene rings is 1. The van der Waals surface area contributed by atoms with Crippen LogP contribution in [0.25, 0.3) is 22.2 Å². The molecular weight excluding hydrogens is 326 g/mol. The van der Waals surface area contributed by atoms with Gasteiger partial charge in [-0.2, -0.15) is 5.26 Å². The SMILES string of the molecule is N#Cc1cccc(C[C@H](N)c2ncccc2-c2noc3ccccc23)n1. The van der Waals surface area contributed by atoms with E-state index in [1.165, 1.54) is 0 Å². The molecule has 6 heteroatoms. The molecule has 0 saturated carbocycles. The van der Waals surface area contributed by atoms with Crippen molar-refractivity contribution in [2.45, 2.75) is 12.5 Å². The van der Waals surface area contributed by atoms with Crippen LogP contribution >= 0.6 is 0 Å². The molecule has 0 amide bonds. The molecular formula is C20H15N5O. The lowest BCUT2D eigenvalue weighted by molar-refractivity contribution is 0.459. The molecule has 0 spiro atoms. The Kier molecular flexibility index (Phi) is 4.14. The average molecular weight is 341 g/mol. The van der Waals surface area contributed by atoms with Crippen molar-refractivity contribution in [1.82, 2.24) is 15.1 Å². The van der Waals surface area contributed by atoms with Gasteiger partial charge in [0.2, 0.25) is 0 Å². The summed E-state index contributed by atoms with van der Waals surface area (Å²) in [6.45, 7) is 0. The van der Waals surface area contributed by atoms with Crippen molar-refractivity contribution < 1.29 is 4.52 Å². The van der Waals surface area contributed by atoms with Gasteiger partial charge in [0, 0.05) is 29.3 Å². The first-order valence-corrected chi connectivity index (χ1v) is 8.17. The zero-order chi connectivity index (χ0) is 17.9. The van der Waals surface area contributed by atoms with Crippen LogP contribution in [-0.2, 0) is 6.42 Å². The minimum atomic E-state index is -0.386. The molecule has 4 rings (SSSR count). The number of fused-ring (bicyclic) bond motifs is 1. The standard InChI is InChI=1S/C20H15N5O/c21-12-14-6-3-5-13(24-14)11-17(22)20-16(8-4-10-23-20)19-15-7-1-2-9-18(15)26-25-19/h1-10,17H,11,22H2/t17-/m0/s1. The summed E-state index contributed by atoms with van der Waals surface area (Å²) in [6, 6.07) is 18.5. The monoisotopic (exact) mass is 341 g/mol. The first-order valence-electron chi connectivity index (χ1n) is 8.17. The van der Waals surface area contributed by atoms with Gasteiger partial charge < -0.3 is 10.3 Å². The van der Waals surface area contributed by atoms with Crippen LogP contribution in [0.2, 0.25) is 0 Å². The number of aromatic nitrogens is 3. The molecule has 0 saturated heterocycles. The van der Waals surface area contributed by atoms with Crippen molar-refractivity contribution in [2.24, 2.45) is 5.73 Å². The summed E-state index contributed by atoms with van der Waals surface area (Å²) >= 11 is 0. The smallest absolute Gasteiger partial charge is 0.167 e. The van der Waals surface area contributed by atoms with Crippen LogP contribution in [0.3, 0.4) is 0 Å². The summed E-state index contributed by atoms with van der Waals surface area (Å²) in [6.07, 6.45) is 2.18. The number of nitrogens with zero attached hydrogens (tertiary/aromatic N) is 4. The molecule has 4 aromatic rings. The van der Waals surface area contributed by atoms with Gasteiger partial charge in [-0.3, -0.25) is 4.98 Å². The lowest BCUT2D eigenvalue weighted by Crippen LogP contribution is -2.17. The van der Waals surface area contributed by atoms with Crippen LogP contribution in [0.1, 0.15) is 23.1 Å². The quantitative estimate of drug-likeness (QED) is 0.610. The summed E-state index contributed by atoms with van der Waals surface area (Å²) in [5.41, 5.74) is 10.5. The van der Waals surface area contributed by atoms with Gasteiger partial charge in [0.1, 0.15) is 17.5 Å². The van der Waals surface area contributed by atoms with Gasteiger partial charge in [-0.1, -0.05) is 23.4 Å². The molecule has 2 N–H and O–H groups in total. The highest BCUT2D eigenvalue weighted by molar-refractivity contribution is 5.92. The van der Waals surface area contributed by atoms with Gasteiger partial charge in [0.25, 0.3) is 0 Å². The fraction of sp³-hybridized carbons (Fsp3) is 0.100. The predicted octanol–water partition coefficient (Wildman–Crippen LogP) is 3.40. The molecule has 0 aliphatic heterocycles. The lowest BCUT2D eigenvalue weighted by atomic mass is 9.99. The highest BCUT2D eigenvalue weighted by Crippen LogP contribution is 2.31. The van der Waals surface area contributed by atoms with E-state index >= 15 is 0 Å². The van der Waals surface area contributed by atoms with Crippen molar-refractivity contribution >= 4 is 11.0 Å². The van der Waals surface area contributed by atoms with Gasteiger partial charge in [0.15, 0.2) is 5.58 Å². The minimum absolute atomic E-state index is 0.374. The Morgan fingerprint density at radius 2 is 1.96 bits per heavy atom. The maximum absolute atomic E-state index is 9.01. The number of hydrogen-bond acceptors (Lipinski definition) is 6. The van der Waals surface area contributed by atoms with E-state index in [1.54, 1.807) is 18.3 Å². The Balaban J connectivity index is 1.72. The molecule has 3 aromatic heterocycles. The number of rotatable bonds is 4. The van der Waals surface area contributed by atoms with Crippen molar-refractivity contribution in [3.63, 3.8) is 0 Å². The number of pyridine rings is 2. The van der Waals surface area contributed by atoms with Gasteiger partial charge >= 0.3 is 0 Å². The highest BCUT2D eigenvalue weighted by atomic mass is 16.5. The third-order valence-electron chi connectivity index (χ3n) is 4.17. The Labute approximate surface area is 149 Å². The van der Waals surface area contributed by atoms with E-state index in [9.17, 15) is 0 Å². The van der Waals surface area contributed by atoms with Crippen molar-refractivity contribution in [1.29, 1.82) is 5.26 Å². The minimum Gasteiger partial charge on any atom is -0.356 e. The molecule has 0 bridgehead atoms. The number of para-hydroxylation sites is 1. The molecule has 0 aliphatic rings. The molecule has 1 aromatic carbocycles. The van der Waals surface area contributed by atoms with Crippen LogP contribution in [0.15, 0.2) is 65.3 Å². The molecule has 26 heavy (non-hydrogen) atoms. The fourth-order valence-electron chi connectivity index (χ4n) is 2.97. The number of nitrogens with two attached hydrogens (primary N) is 1. The largest absolute Gasteiger partial charge is 0.356 e. The third-order valence-corrected chi connectivity index (χ3v) is 4.17. The Bertz CT molecular complexity index is 1110. The Morgan fingerprint density at radius 3 is 2.85 bits per heavy atom. The second kappa shape index (κ2) is 6.75. The maximum atomic E-state index is 9.01. The average Bonchev–Trinajstić information content (AvgIpc) is 3.12. The van der Waals surface area contributed by atoms with Gasteiger partial charge in [0.05, 0.1) is 11.7 Å². The first kappa shape index (κ1) is 15.9. The second-order valence-electron chi connectivity index (χ2n) is 5.90. The molecule has 0 radical (unpaired) electrons. The first-order chi connectivity index (χ1) is 12.8. The lowest BCUT2D eigenvalue weighted by Gasteiger charge is -2.14. The van der Waals surface area contributed by atoms with E-state index in [4.69, 9.17) is 15.5 Å². The van der Waals surface area contributed by atoms with Gasteiger partial charge in [-0.05, 0) is 36.4 Å². The Hall–Kier alpha value is -3.56. The van der Waals surface area contributed by atoms with Crippen LogP contribution in [0.4, 0.5) is 0 Å². The maximum Gasteiger partial charge on any atom is 0.167 e. The molecule has 3 heterocycles. The third kappa shape index (κ3) is 2.92. The van der Waals surface area contributed by atoms with Crippen LogP contribution < -0.4 is 5.73 Å². The van der Waals surface area contributed by atoms with Gasteiger partial charge in [-0.15, -0.1) is 0 Å². The highest BCUT2D eigenvalue weighted by Gasteiger charge is 2.19. The summed E-state index contributed by atoms with van der Waals surface area (Å²) in [4.78, 5) is 8.78. The summed E-state index contributed by atoms with van der Waals surface area (Å²) in [5.74, 6) is 0. The summed E-state index contributed by atoms with van der Waals surface area (Å²) in [7, 11) is 0. The van der Waals surface area contributed by atoms with Crippen molar-refractivity contribution in [2.75, 3.05) is 0 Å². The van der Waals surface area contributed by atoms with E-state index in [0.29, 0.717) is 17.7 Å². The van der Waals surface area contributed by atoms with E-state index in [0.717, 1.165) is 28.0 Å². The van der Waals surface area contributed by atoms with Gasteiger partial charge in [-0.25, -0.2) is 4.98 Å². The molecule has 0 fully saturated rings. The Morgan fingerprint density at radius 1 is 1.08 bits per heavy atom. The zero-order valence-electron chi connectivity index (χ0n) is 13.8. The zero-order valence-corrected chi connectivity index (χ0v) is 13.8. The van der Waals surface area contributed by atoms with Crippen LogP contribution in [-0.4, -0.2) is 15.1 Å². The normalized spacial score (nSPS) is 12.0. The molecule has 0 unspecified atom stereocenters. The van der Waals surface area contributed by atoms with E-state index in [1.807, 2.05) is 48.5 Å². The molecule has 126 valence electrons. The summed E-state index contributed by atoms with van der Waals surface area (Å²) < 4.78 is 5.42. The topological polar surface area (TPSA) is 102 Å². The summed E-state index contributed by atoms with van der Waals surface area (Å²) in [5, 5.41) is 14.1. The molecule has 1 atom stereocenters.